The summed E-state index contributed by atoms with van der Waals surface area (Å²) in [4.78, 5) is 47.6. The summed E-state index contributed by atoms with van der Waals surface area (Å²) in [6.45, 7) is 6.20. The molecule has 6 rings (SSSR count). The molecule has 0 fully saturated rings. The third-order valence-corrected chi connectivity index (χ3v) is 9.90. The van der Waals surface area contributed by atoms with Gasteiger partial charge < -0.3 is 24.3 Å². The summed E-state index contributed by atoms with van der Waals surface area (Å²) in [6, 6.07) is 30.8. The molecule has 0 bridgehead atoms. The molecule has 1 N–H and O–H groups in total. The van der Waals surface area contributed by atoms with E-state index in [-0.39, 0.29) is 42.0 Å². The van der Waals surface area contributed by atoms with E-state index < -0.39 is 17.9 Å². The van der Waals surface area contributed by atoms with Gasteiger partial charge in [0, 0.05) is 46.6 Å². The summed E-state index contributed by atoms with van der Waals surface area (Å²) in [5.74, 6) is 2.11. The van der Waals surface area contributed by atoms with Crippen molar-refractivity contribution in [2.75, 3.05) is 32.1 Å². The van der Waals surface area contributed by atoms with Crippen LogP contribution in [0.1, 0.15) is 41.6 Å². The molecule has 0 radical (unpaired) electrons. The number of nitrogens with one attached hydrogen (secondary N) is 1. The molecule has 0 spiro atoms. The highest BCUT2D eigenvalue weighted by Gasteiger charge is 2.29. The number of methoxy groups -OCH3 is 1. The molecule has 0 aliphatic heterocycles. The smallest absolute Gasteiger partial charge is 0.428 e. The molecular weight excluding hydrogens is 990 g/mol. The first-order chi connectivity index (χ1) is 28.9. The zero-order valence-electron chi connectivity index (χ0n) is 32.7. The molecule has 18 heteroatoms. The van der Waals surface area contributed by atoms with E-state index in [0.29, 0.717) is 31.1 Å². The third-order valence-electron chi connectivity index (χ3n) is 8.13. The standard InChI is InChI=1S/C22H20Br3ClN6O4.C20H19NO3/c1-4-30(31(5-2)22(35)36-3)21(34)13-9-12(23)10-14(24)18(13)28-20(33)16-11-17(25)29-32(16)19-15(26)7-6-8-27-19;1-16(23-20-9-5-6-14-21-20)15-22-17-10-12-19(13-11-17)24-18-7-3-2-4-8-18/h6-11H,4-5H2,1-3H3,(H,28,33);2-14,16H,15H2,1H3. The zero-order valence-corrected chi connectivity index (χ0v) is 38.2. The van der Waals surface area contributed by atoms with Crippen molar-refractivity contribution in [2.24, 2.45) is 0 Å². The highest BCUT2D eigenvalue weighted by atomic mass is 79.9. The predicted octanol–water partition coefficient (Wildman–Crippen LogP) is 10.6. The number of rotatable bonds is 13. The number of anilines is 1. The van der Waals surface area contributed by atoms with Gasteiger partial charge in [-0.25, -0.2) is 29.5 Å². The van der Waals surface area contributed by atoms with Gasteiger partial charge in [0.15, 0.2) is 5.82 Å². The number of para-hydroxylation sites is 1. The van der Waals surface area contributed by atoms with Gasteiger partial charge in [0.05, 0.1) is 23.4 Å². The number of carbonyl (C=O) groups is 3. The van der Waals surface area contributed by atoms with Gasteiger partial charge in [0.25, 0.3) is 11.8 Å². The van der Waals surface area contributed by atoms with Crippen LogP contribution in [0.3, 0.4) is 0 Å². The van der Waals surface area contributed by atoms with Crippen molar-refractivity contribution < 1.29 is 33.3 Å². The lowest BCUT2D eigenvalue weighted by atomic mass is 10.1. The summed E-state index contributed by atoms with van der Waals surface area (Å²) >= 11 is 16.4. The van der Waals surface area contributed by atoms with E-state index in [1.54, 1.807) is 44.3 Å². The fraction of sp³-hybridized carbons (Fsp3) is 0.190. The topological polar surface area (TPSA) is 150 Å². The second-order valence-corrected chi connectivity index (χ2v) is 15.3. The Morgan fingerprint density at radius 2 is 1.48 bits per heavy atom. The number of hydrogen-bond acceptors (Lipinski definition) is 10. The maximum Gasteiger partial charge on any atom is 0.428 e. The summed E-state index contributed by atoms with van der Waals surface area (Å²) < 4.78 is 24.7. The van der Waals surface area contributed by atoms with E-state index in [1.807, 2.05) is 79.7 Å². The van der Waals surface area contributed by atoms with E-state index in [0.717, 1.165) is 17.2 Å². The molecule has 3 aromatic heterocycles. The minimum Gasteiger partial charge on any atom is -0.490 e. The van der Waals surface area contributed by atoms with E-state index in [4.69, 9.17) is 30.5 Å². The first kappa shape index (κ1) is 45.6. The van der Waals surface area contributed by atoms with Crippen molar-refractivity contribution in [2.45, 2.75) is 26.9 Å². The van der Waals surface area contributed by atoms with Crippen LogP contribution in [0, 0.1) is 0 Å². The normalized spacial score (nSPS) is 11.0. The fourth-order valence-corrected chi connectivity index (χ4v) is 7.32. The van der Waals surface area contributed by atoms with E-state index >= 15 is 0 Å². The van der Waals surface area contributed by atoms with Crippen LogP contribution in [0.2, 0.25) is 5.02 Å². The minimum atomic E-state index is -0.687. The monoisotopic (exact) mass is 1030 g/mol. The molecule has 1 unspecified atom stereocenters. The number of aromatic nitrogens is 4. The zero-order chi connectivity index (χ0) is 43.2. The molecule has 60 heavy (non-hydrogen) atoms. The second-order valence-electron chi connectivity index (χ2n) is 12.3. The Kier molecular flexibility index (Phi) is 16.9. The van der Waals surface area contributed by atoms with Gasteiger partial charge in [-0.1, -0.05) is 51.8 Å². The maximum atomic E-state index is 13.6. The Morgan fingerprint density at radius 1 is 0.817 bits per heavy atom. The number of halogens is 4. The van der Waals surface area contributed by atoms with Crippen LogP contribution < -0.4 is 19.5 Å². The van der Waals surface area contributed by atoms with Gasteiger partial charge in [0.2, 0.25) is 5.88 Å². The summed E-state index contributed by atoms with van der Waals surface area (Å²) in [5, 5.41) is 9.77. The summed E-state index contributed by atoms with van der Waals surface area (Å²) in [6.07, 6.45) is 2.45. The van der Waals surface area contributed by atoms with Crippen molar-refractivity contribution >= 4 is 83.0 Å². The fourth-order valence-electron chi connectivity index (χ4n) is 5.42. The van der Waals surface area contributed by atoms with Gasteiger partial charge in [-0.05, 0) is 119 Å². The lowest BCUT2D eigenvalue weighted by molar-refractivity contribution is -0.00166. The quantitative estimate of drug-likeness (QED) is 0.111. The second kappa shape index (κ2) is 22.2. The van der Waals surface area contributed by atoms with Crippen molar-refractivity contribution in [3.8, 4) is 28.9 Å². The number of benzene rings is 3. The molecule has 3 amide bonds. The Labute approximate surface area is 377 Å². The van der Waals surface area contributed by atoms with Gasteiger partial charge in [-0.2, -0.15) is 5.10 Å². The van der Waals surface area contributed by atoms with Crippen molar-refractivity contribution in [3.63, 3.8) is 0 Å². The first-order valence-electron chi connectivity index (χ1n) is 18.3. The molecule has 3 heterocycles. The van der Waals surface area contributed by atoms with Crippen LogP contribution in [0.5, 0.6) is 23.1 Å². The Bertz CT molecular complexity index is 2380. The van der Waals surface area contributed by atoms with Crippen molar-refractivity contribution in [1.29, 1.82) is 0 Å². The Morgan fingerprint density at radius 3 is 2.13 bits per heavy atom. The molecule has 0 aliphatic rings. The van der Waals surface area contributed by atoms with Crippen LogP contribution in [0.25, 0.3) is 5.82 Å². The molecule has 14 nitrogen and oxygen atoms in total. The number of ether oxygens (including phenoxy) is 4. The van der Waals surface area contributed by atoms with E-state index in [2.05, 4.69) is 68.2 Å². The highest BCUT2D eigenvalue weighted by molar-refractivity contribution is 9.11. The molecule has 312 valence electrons. The number of carbonyl (C=O) groups excluding carboxylic acids is 3. The van der Waals surface area contributed by atoms with Crippen LogP contribution in [-0.2, 0) is 4.74 Å². The minimum absolute atomic E-state index is 0.0971. The van der Waals surface area contributed by atoms with Gasteiger partial charge in [0.1, 0.15) is 40.3 Å². The van der Waals surface area contributed by atoms with Crippen LogP contribution in [0.15, 0.2) is 129 Å². The third kappa shape index (κ3) is 12.3. The van der Waals surface area contributed by atoms with E-state index in [9.17, 15) is 14.4 Å². The lowest BCUT2D eigenvalue weighted by Crippen LogP contribution is -2.49. The number of nitrogens with zero attached hydrogens (tertiary/aromatic N) is 6. The van der Waals surface area contributed by atoms with Crippen LogP contribution >= 0.6 is 59.4 Å². The van der Waals surface area contributed by atoms with E-state index in [1.165, 1.54) is 34.1 Å². The average molecular weight is 1030 g/mol. The molecule has 3 aromatic carbocycles. The van der Waals surface area contributed by atoms with Crippen molar-refractivity contribution in [3.05, 3.63) is 145 Å². The predicted molar refractivity (Wildman–Crippen MR) is 238 cm³/mol. The number of hydrazine groups is 1. The SMILES string of the molecule is CC(COc1ccc(Oc2ccccc2)cc1)Oc1ccccn1.CCN(C(=O)OC)N(CC)C(=O)c1cc(Br)cc(Br)c1NC(=O)c1cc(Br)nn1-c1ncccc1Cl. The molecule has 0 saturated heterocycles. The number of pyridine rings is 2. The van der Waals surface area contributed by atoms with Crippen molar-refractivity contribution in [1.82, 2.24) is 29.8 Å². The molecule has 6 aromatic rings. The molecular formula is C42H39Br3ClN7O7. The average Bonchev–Trinajstić information content (AvgIpc) is 3.65. The Hall–Kier alpha value is -5.49. The summed E-state index contributed by atoms with van der Waals surface area (Å²) in [5.41, 5.74) is 0.450. The number of hydrogen-bond donors (Lipinski definition) is 1. The summed E-state index contributed by atoms with van der Waals surface area (Å²) in [7, 11) is 1.24. The maximum absolute atomic E-state index is 13.6. The largest absolute Gasteiger partial charge is 0.490 e. The van der Waals surface area contributed by atoms with Gasteiger partial charge >= 0.3 is 6.09 Å². The van der Waals surface area contributed by atoms with Crippen LogP contribution in [0.4, 0.5) is 10.5 Å². The number of amides is 3. The van der Waals surface area contributed by atoms with Crippen LogP contribution in [-0.4, -0.2) is 80.6 Å². The lowest BCUT2D eigenvalue weighted by Gasteiger charge is -2.32. The van der Waals surface area contributed by atoms with Gasteiger partial charge in [-0.3, -0.25) is 9.59 Å². The van der Waals surface area contributed by atoms with Gasteiger partial charge in [-0.15, -0.1) is 0 Å². The molecule has 0 aliphatic carbocycles. The first-order valence-corrected chi connectivity index (χ1v) is 21.1. The Balaban J connectivity index is 0.000000246. The molecule has 1 atom stereocenters. The highest BCUT2D eigenvalue weighted by Crippen LogP contribution is 2.33. The molecule has 0 saturated carbocycles.